The van der Waals surface area contributed by atoms with Crippen molar-refractivity contribution in [1.29, 1.82) is 0 Å². The molecular formula is C11H17NOS. The van der Waals surface area contributed by atoms with Crippen LogP contribution in [0.5, 0.6) is 0 Å². The van der Waals surface area contributed by atoms with Crippen LogP contribution in [-0.4, -0.2) is 27.7 Å². The highest BCUT2D eigenvalue weighted by molar-refractivity contribution is 7.99. The quantitative estimate of drug-likeness (QED) is 0.732. The van der Waals surface area contributed by atoms with Gasteiger partial charge in [-0.05, 0) is 49.0 Å². The molecule has 0 aliphatic heterocycles. The number of aliphatic hydroxyl groups is 1. The van der Waals surface area contributed by atoms with Gasteiger partial charge in [0.05, 0.1) is 6.10 Å². The molecule has 0 bridgehead atoms. The van der Waals surface area contributed by atoms with Crippen LogP contribution in [0.25, 0.3) is 0 Å². The van der Waals surface area contributed by atoms with E-state index in [1.54, 1.807) is 0 Å². The average molecular weight is 211 g/mol. The van der Waals surface area contributed by atoms with Crippen molar-refractivity contribution in [1.82, 2.24) is 4.98 Å². The van der Waals surface area contributed by atoms with Crippen molar-refractivity contribution >= 4 is 11.8 Å². The lowest BCUT2D eigenvalue weighted by molar-refractivity contribution is 0.192. The van der Waals surface area contributed by atoms with Crippen molar-refractivity contribution in [3.8, 4) is 0 Å². The van der Waals surface area contributed by atoms with E-state index in [0.717, 1.165) is 24.3 Å². The molecule has 0 fully saturated rings. The van der Waals surface area contributed by atoms with E-state index in [1.165, 1.54) is 5.56 Å². The summed E-state index contributed by atoms with van der Waals surface area (Å²) in [6.45, 7) is 1.84. The molecular weight excluding hydrogens is 194 g/mol. The molecule has 2 nitrogen and oxygen atoms in total. The lowest BCUT2D eigenvalue weighted by atomic mass is 10.2. The fourth-order valence-electron chi connectivity index (χ4n) is 1.10. The van der Waals surface area contributed by atoms with Crippen LogP contribution in [0, 0.1) is 0 Å². The SMILES string of the molecule is CC(O)CCSCCc1ccncc1. The van der Waals surface area contributed by atoms with Gasteiger partial charge in [-0.15, -0.1) is 0 Å². The first kappa shape index (κ1) is 11.5. The summed E-state index contributed by atoms with van der Waals surface area (Å²) in [4.78, 5) is 3.97. The first-order chi connectivity index (χ1) is 6.79. The van der Waals surface area contributed by atoms with Crippen molar-refractivity contribution in [2.24, 2.45) is 0 Å². The topological polar surface area (TPSA) is 33.1 Å². The second-order valence-electron chi connectivity index (χ2n) is 3.36. The zero-order valence-electron chi connectivity index (χ0n) is 8.52. The van der Waals surface area contributed by atoms with E-state index in [2.05, 4.69) is 17.1 Å². The average Bonchev–Trinajstić information content (AvgIpc) is 2.18. The Morgan fingerprint density at radius 3 is 2.71 bits per heavy atom. The summed E-state index contributed by atoms with van der Waals surface area (Å²) in [5, 5.41) is 9.05. The molecule has 0 aliphatic rings. The Labute approximate surface area is 89.8 Å². The van der Waals surface area contributed by atoms with Crippen molar-refractivity contribution < 1.29 is 5.11 Å². The predicted molar refractivity (Wildman–Crippen MR) is 61.6 cm³/mol. The van der Waals surface area contributed by atoms with Crippen LogP contribution in [0.4, 0.5) is 0 Å². The third-order valence-electron chi connectivity index (χ3n) is 1.96. The molecule has 0 amide bonds. The maximum Gasteiger partial charge on any atom is 0.0520 e. The highest BCUT2D eigenvalue weighted by Crippen LogP contribution is 2.08. The smallest absolute Gasteiger partial charge is 0.0520 e. The summed E-state index contributed by atoms with van der Waals surface area (Å²) < 4.78 is 0. The van der Waals surface area contributed by atoms with E-state index in [9.17, 15) is 0 Å². The minimum Gasteiger partial charge on any atom is -0.393 e. The lowest BCUT2D eigenvalue weighted by Gasteiger charge is -2.03. The van der Waals surface area contributed by atoms with Crippen LogP contribution in [0.1, 0.15) is 18.9 Å². The van der Waals surface area contributed by atoms with E-state index in [1.807, 2.05) is 31.1 Å². The van der Waals surface area contributed by atoms with E-state index in [4.69, 9.17) is 5.11 Å². The van der Waals surface area contributed by atoms with Crippen LogP contribution in [-0.2, 0) is 6.42 Å². The molecule has 0 radical (unpaired) electrons. The van der Waals surface area contributed by atoms with E-state index in [0.29, 0.717) is 0 Å². The molecule has 1 aromatic heterocycles. The summed E-state index contributed by atoms with van der Waals surface area (Å²) in [6, 6.07) is 4.10. The zero-order chi connectivity index (χ0) is 10.2. The van der Waals surface area contributed by atoms with E-state index >= 15 is 0 Å². The summed E-state index contributed by atoms with van der Waals surface area (Å²) >= 11 is 1.90. The van der Waals surface area contributed by atoms with Crippen molar-refractivity contribution in [3.63, 3.8) is 0 Å². The maximum atomic E-state index is 9.05. The van der Waals surface area contributed by atoms with Gasteiger partial charge < -0.3 is 5.11 Å². The number of aryl methyl sites for hydroxylation is 1. The van der Waals surface area contributed by atoms with Crippen LogP contribution in [0.2, 0.25) is 0 Å². The van der Waals surface area contributed by atoms with Gasteiger partial charge in [0.15, 0.2) is 0 Å². The molecule has 14 heavy (non-hydrogen) atoms. The molecule has 1 rings (SSSR count). The maximum absolute atomic E-state index is 9.05. The first-order valence-corrected chi connectivity index (χ1v) is 6.09. The molecule has 1 atom stereocenters. The van der Waals surface area contributed by atoms with Crippen LogP contribution in [0.3, 0.4) is 0 Å². The van der Waals surface area contributed by atoms with Gasteiger partial charge in [0.2, 0.25) is 0 Å². The van der Waals surface area contributed by atoms with Gasteiger partial charge in [0.25, 0.3) is 0 Å². The van der Waals surface area contributed by atoms with Crippen LogP contribution >= 0.6 is 11.8 Å². The Balaban J connectivity index is 2.05. The van der Waals surface area contributed by atoms with Crippen LogP contribution < -0.4 is 0 Å². The molecule has 0 aromatic carbocycles. The second kappa shape index (κ2) is 6.85. The van der Waals surface area contributed by atoms with Gasteiger partial charge in [-0.1, -0.05) is 0 Å². The Kier molecular flexibility index (Phi) is 5.64. The molecule has 3 heteroatoms. The highest BCUT2D eigenvalue weighted by atomic mass is 32.2. The molecule has 1 unspecified atom stereocenters. The monoisotopic (exact) mass is 211 g/mol. The number of pyridine rings is 1. The Bertz CT molecular complexity index is 238. The predicted octanol–water partition coefficient (Wildman–Crippen LogP) is 2.13. The molecule has 0 saturated carbocycles. The van der Waals surface area contributed by atoms with E-state index < -0.39 is 0 Å². The lowest BCUT2D eigenvalue weighted by Crippen LogP contribution is -2.01. The van der Waals surface area contributed by atoms with Crippen molar-refractivity contribution in [2.75, 3.05) is 11.5 Å². The van der Waals surface area contributed by atoms with Gasteiger partial charge in [-0.3, -0.25) is 4.98 Å². The van der Waals surface area contributed by atoms with Crippen LogP contribution in [0.15, 0.2) is 24.5 Å². The minimum atomic E-state index is -0.163. The zero-order valence-corrected chi connectivity index (χ0v) is 9.33. The molecule has 1 N–H and O–H groups in total. The fourth-order valence-corrected chi connectivity index (χ4v) is 2.19. The van der Waals surface area contributed by atoms with Crippen molar-refractivity contribution in [2.45, 2.75) is 25.9 Å². The first-order valence-electron chi connectivity index (χ1n) is 4.94. The summed E-state index contributed by atoms with van der Waals surface area (Å²) in [5.41, 5.74) is 1.34. The molecule has 1 heterocycles. The van der Waals surface area contributed by atoms with Gasteiger partial charge in [-0.2, -0.15) is 11.8 Å². The summed E-state index contributed by atoms with van der Waals surface area (Å²) in [5.74, 6) is 2.17. The Hall–Kier alpha value is -0.540. The second-order valence-corrected chi connectivity index (χ2v) is 4.58. The number of aromatic nitrogens is 1. The number of hydrogen-bond acceptors (Lipinski definition) is 3. The van der Waals surface area contributed by atoms with Gasteiger partial charge in [-0.25, -0.2) is 0 Å². The number of hydrogen-bond donors (Lipinski definition) is 1. The van der Waals surface area contributed by atoms with Gasteiger partial charge >= 0.3 is 0 Å². The van der Waals surface area contributed by atoms with Gasteiger partial charge in [0, 0.05) is 12.4 Å². The van der Waals surface area contributed by atoms with Gasteiger partial charge in [0.1, 0.15) is 0 Å². The minimum absolute atomic E-state index is 0.163. The Morgan fingerprint density at radius 2 is 2.07 bits per heavy atom. The summed E-state index contributed by atoms with van der Waals surface area (Å²) in [6.07, 6.45) is 5.47. The molecule has 0 spiro atoms. The highest BCUT2D eigenvalue weighted by Gasteiger charge is 1.96. The standard InChI is InChI=1S/C11H17NOS/c1-10(13)4-8-14-9-5-11-2-6-12-7-3-11/h2-3,6-7,10,13H,4-5,8-9H2,1H3. The number of thioether (sulfide) groups is 1. The third kappa shape index (κ3) is 5.25. The number of rotatable bonds is 6. The largest absolute Gasteiger partial charge is 0.393 e. The number of nitrogens with zero attached hydrogens (tertiary/aromatic N) is 1. The van der Waals surface area contributed by atoms with Crippen molar-refractivity contribution in [3.05, 3.63) is 30.1 Å². The third-order valence-corrected chi connectivity index (χ3v) is 2.98. The number of aliphatic hydroxyl groups excluding tert-OH is 1. The summed E-state index contributed by atoms with van der Waals surface area (Å²) in [7, 11) is 0. The Morgan fingerprint density at radius 1 is 1.36 bits per heavy atom. The molecule has 0 aliphatic carbocycles. The normalized spacial score (nSPS) is 12.7. The molecule has 1 aromatic rings. The molecule has 78 valence electrons. The molecule has 0 saturated heterocycles. The van der Waals surface area contributed by atoms with E-state index in [-0.39, 0.29) is 6.10 Å². The fraction of sp³-hybridized carbons (Fsp3) is 0.545.